The summed E-state index contributed by atoms with van der Waals surface area (Å²) in [4.78, 5) is 16.8. The first-order chi connectivity index (χ1) is 13.6. The van der Waals surface area contributed by atoms with E-state index in [0.29, 0.717) is 28.0 Å². The standard InChI is InChI=1S/C21H23N5OS/c1-14-15(2)26(17-8-4-3-5-9-17)20(18(14)12-23)25-19(27)13-28-21-16(11-22)7-6-10-24-21/h6-7,10,17H,3-5,8-9,13H2,1-2H3,(H,25,27). The average Bonchev–Trinajstić information content (AvgIpc) is 2.96. The second kappa shape index (κ2) is 8.95. The van der Waals surface area contributed by atoms with Crippen LogP contribution in [0.4, 0.5) is 5.82 Å². The highest BCUT2D eigenvalue weighted by atomic mass is 32.2. The Balaban J connectivity index is 1.81. The first-order valence-electron chi connectivity index (χ1n) is 9.46. The maximum atomic E-state index is 12.6. The number of carbonyl (C=O) groups excluding carboxylic acids is 1. The number of pyridine rings is 1. The molecule has 144 valence electrons. The van der Waals surface area contributed by atoms with Crippen molar-refractivity contribution < 1.29 is 4.79 Å². The van der Waals surface area contributed by atoms with E-state index in [0.717, 1.165) is 24.1 Å². The second-order valence-electron chi connectivity index (χ2n) is 7.01. The Bertz CT molecular complexity index is 960. The SMILES string of the molecule is Cc1c(C#N)c(NC(=O)CSc2ncccc2C#N)n(C2CCCCC2)c1C. The molecule has 28 heavy (non-hydrogen) atoms. The third-order valence-corrected chi connectivity index (χ3v) is 6.30. The van der Waals surface area contributed by atoms with Crippen molar-refractivity contribution in [3.63, 3.8) is 0 Å². The minimum atomic E-state index is -0.203. The van der Waals surface area contributed by atoms with Crippen LogP contribution >= 0.6 is 11.8 Å². The zero-order valence-corrected chi connectivity index (χ0v) is 17.0. The van der Waals surface area contributed by atoms with Gasteiger partial charge < -0.3 is 9.88 Å². The number of carbonyl (C=O) groups is 1. The maximum absolute atomic E-state index is 12.6. The number of amides is 1. The van der Waals surface area contributed by atoms with Gasteiger partial charge in [0.25, 0.3) is 0 Å². The Morgan fingerprint density at radius 3 is 2.71 bits per heavy atom. The van der Waals surface area contributed by atoms with Crippen molar-refractivity contribution in [2.75, 3.05) is 11.1 Å². The molecule has 0 aliphatic heterocycles. The van der Waals surface area contributed by atoms with Crippen LogP contribution in [-0.4, -0.2) is 21.2 Å². The fourth-order valence-corrected chi connectivity index (χ4v) is 4.52. The monoisotopic (exact) mass is 393 g/mol. The summed E-state index contributed by atoms with van der Waals surface area (Å²) in [5, 5.41) is 22.3. The van der Waals surface area contributed by atoms with E-state index in [2.05, 4.69) is 27.0 Å². The Morgan fingerprint density at radius 2 is 2.04 bits per heavy atom. The molecular formula is C21H23N5OS. The van der Waals surface area contributed by atoms with Crippen molar-refractivity contribution in [2.24, 2.45) is 0 Å². The summed E-state index contributed by atoms with van der Waals surface area (Å²) in [5.41, 5.74) is 2.96. The molecule has 1 aliphatic carbocycles. The summed E-state index contributed by atoms with van der Waals surface area (Å²) < 4.78 is 2.15. The fourth-order valence-electron chi connectivity index (χ4n) is 3.78. The highest BCUT2D eigenvalue weighted by Gasteiger charge is 2.25. The van der Waals surface area contributed by atoms with Gasteiger partial charge in [-0.2, -0.15) is 10.5 Å². The highest BCUT2D eigenvalue weighted by Crippen LogP contribution is 2.36. The van der Waals surface area contributed by atoms with Crippen LogP contribution in [-0.2, 0) is 4.79 Å². The van der Waals surface area contributed by atoms with Crippen molar-refractivity contribution in [2.45, 2.75) is 57.0 Å². The van der Waals surface area contributed by atoms with Crippen molar-refractivity contribution in [1.29, 1.82) is 10.5 Å². The molecule has 0 radical (unpaired) electrons. The quantitative estimate of drug-likeness (QED) is 0.756. The number of nitrogens with one attached hydrogen (secondary N) is 1. The Kier molecular flexibility index (Phi) is 6.38. The number of anilines is 1. The molecule has 2 aromatic rings. The van der Waals surface area contributed by atoms with Crippen LogP contribution in [0.2, 0.25) is 0 Å². The van der Waals surface area contributed by atoms with Crippen LogP contribution < -0.4 is 5.32 Å². The molecule has 0 bridgehead atoms. The molecule has 1 saturated carbocycles. The lowest BCUT2D eigenvalue weighted by Crippen LogP contribution is -2.21. The number of nitrogens with zero attached hydrogens (tertiary/aromatic N) is 4. The van der Waals surface area contributed by atoms with Gasteiger partial charge in [0.2, 0.25) is 5.91 Å². The minimum Gasteiger partial charge on any atom is -0.327 e. The van der Waals surface area contributed by atoms with Crippen molar-refractivity contribution in [3.8, 4) is 12.1 Å². The van der Waals surface area contributed by atoms with E-state index >= 15 is 0 Å². The molecule has 0 aromatic carbocycles. The first-order valence-corrected chi connectivity index (χ1v) is 10.4. The third-order valence-electron chi connectivity index (χ3n) is 5.30. The molecule has 7 heteroatoms. The summed E-state index contributed by atoms with van der Waals surface area (Å²) in [6.45, 7) is 3.95. The number of hydrogen-bond acceptors (Lipinski definition) is 5. The van der Waals surface area contributed by atoms with Crippen molar-refractivity contribution >= 4 is 23.5 Å². The molecule has 1 fully saturated rings. The van der Waals surface area contributed by atoms with E-state index in [9.17, 15) is 10.1 Å². The van der Waals surface area contributed by atoms with Crippen LogP contribution in [0.25, 0.3) is 0 Å². The zero-order valence-electron chi connectivity index (χ0n) is 16.2. The van der Waals surface area contributed by atoms with Crippen LogP contribution in [0.3, 0.4) is 0 Å². The van der Waals surface area contributed by atoms with E-state index in [-0.39, 0.29) is 11.7 Å². The van der Waals surface area contributed by atoms with Gasteiger partial charge in [-0.15, -0.1) is 0 Å². The van der Waals surface area contributed by atoms with Gasteiger partial charge in [-0.1, -0.05) is 31.0 Å². The van der Waals surface area contributed by atoms with E-state index in [1.165, 1.54) is 31.0 Å². The smallest absolute Gasteiger partial charge is 0.235 e. The van der Waals surface area contributed by atoms with Gasteiger partial charge in [0.05, 0.1) is 16.9 Å². The Hall–Kier alpha value is -2.77. The molecule has 6 nitrogen and oxygen atoms in total. The number of hydrogen-bond donors (Lipinski definition) is 1. The minimum absolute atomic E-state index is 0.129. The summed E-state index contributed by atoms with van der Waals surface area (Å²) in [6.07, 6.45) is 7.32. The molecule has 1 aliphatic rings. The van der Waals surface area contributed by atoms with Crippen molar-refractivity contribution in [1.82, 2.24) is 9.55 Å². The predicted molar refractivity (Wildman–Crippen MR) is 109 cm³/mol. The van der Waals surface area contributed by atoms with Gasteiger partial charge in [-0.05, 0) is 44.4 Å². The van der Waals surface area contributed by atoms with E-state index in [4.69, 9.17) is 5.26 Å². The highest BCUT2D eigenvalue weighted by molar-refractivity contribution is 8.00. The molecule has 0 unspecified atom stereocenters. The predicted octanol–water partition coefficient (Wildman–Crippen LogP) is 4.48. The molecule has 1 amide bonds. The Morgan fingerprint density at radius 1 is 1.29 bits per heavy atom. The summed E-state index contributed by atoms with van der Waals surface area (Å²) in [6, 6.07) is 8.05. The fraction of sp³-hybridized carbons (Fsp3) is 0.429. The molecule has 2 aromatic heterocycles. The van der Waals surface area contributed by atoms with E-state index in [1.807, 2.05) is 13.8 Å². The molecule has 0 atom stereocenters. The topological polar surface area (TPSA) is 94.5 Å². The van der Waals surface area contributed by atoms with Gasteiger partial charge in [-0.3, -0.25) is 4.79 Å². The van der Waals surface area contributed by atoms with Gasteiger partial charge in [0.1, 0.15) is 23.0 Å². The molecule has 0 spiro atoms. The van der Waals surface area contributed by atoms with Gasteiger partial charge in [0.15, 0.2) is 0 Å². The first kappa shape index (κ1) is 20.0. The Labute approximate surface area is 169 Å². The van der Waals surface area contributed by atoms with Crippen LogP contribution in [0.15, 0.2) is 23.4 Å². The van der Waals surface area contributed by atoms with Crippen molar-refractivity contribution in [3.05, 3.63) is 40.7 Å². The lowest BCUT2D eigenvalue weighted by Gasteiger charge is -2.27. The molecule has 0 saturated heterocycles. The van der Waals surface area contributed by atoms with E-state index < -0.39 is 0 Å². The molecular weight excluding hydrogens is 370 g/mol. The van der Waals surface area contributed by atoms with Gasteiger partial charge in [-0.25, -0.2) is 4.98 Å². The number of nitriles is 2. The lowest BCUT2D eigenvalue weighted by atomic mass is 9.95. The van der Waals surface area contributed by atoms with Crippen LogP contribution in [0.1, 0.15) is 60.5 Å². The second-order valence-corrected chi connectivity index (χ2v) is 7.98. The summed E-state index contributed by atoms with van der Waals surface area (Å²) >= 11 is 1.23. The molecule has 2 heterocycles. The number of aromatic nitrogens is 2. The molecule has 3 rings (SSSR count). The number of rotatable bonds is 5. The van der Waals surface area contributed by atoms with Gasteiger partial charge in [0, 0.05) is 17.9 Å². The van der Waals surface area contributed by atoms with Crippen LogP contribution in [0.5, 0.6) is 0 Å². The zero-order chi connectivity index (χ0) is 20.1. The van der Waals surface area contributed by atoms with Crippen LogP contribution in [0, 0.1) is 36.5 Å². The largest absolute Gasteiger partial charge is 0.327 e. The number of thioether (sulfide) groups is 1. The maximum Gasteiger partial charge on any atom is 0.235 e. The van der Waals surface area contributed by atoms with E-state index in [1.54, 1.807) is 18.3 Å². The molecule has 1 N–H and O–H groups in total. The van der Waals surface area contributed by atoms with Gasteiger partial charge >= 0.3 is 0 Å². The normalized spacial score (nSPS) is 14.3. The lowest BCUT2D eigenvalue weighted by molar-refractivity contribution is -0.113. The third kappa shape index (κ3) is 4.05. The summed E-state index contributed by atoms with van der Waals surface area (Å²) in [7, 11) is 0. The average molecular weight is 394 g/mol. The summed E-state index contributed by atoms with van der Waals surface area (Å²) in [5.74, 6) is 0.534.